The standard InChI is InChI=1S/C66H55BN4/c1-40-25-27-45-47-28-29-51-61-63(47)70(54-22-12-10-19-46(54)49(45)35-40)59-39-44(71-56-30-26-43(42-17-8-7-9-18-42)37-52(56)65(5)32-14-15-33-66(65,71)6)38-58-62(59)67(61)60-50(64(51,3)4)21-16-24-57(60)69(58)55-23-13-11-20-48(55)53-36-41(2)31-34-68-53/h7-13,16-31,34-39H,14-15,32-33H2,1-6H3. The van der Waals surface area contributed by atoms with Crippen LogP contribution in [0.15, 0.2) is 176 Å². The molecule has 6 aliphatic rings. The molecule has 1 fully saturated rings. The second kappa shape index (κ2) is 14.3. The maximum atomic E-state index is 5.07. The molecule has 15 rings (SSSR count). The van der Waals surface area contributed by atoms with Gasteiger partial charge in [-0.25, -0.2) is 0 Å². The summed E-state index contributed by atoms with van der Waals surface area (Å²) in [6.45, 7) is 14.5. The lowest BCUT2D eigenvalue weighted by atomic mass is 9.28. The third-order valence-corrected chi connectivity index (χ3v) is 18.3. The third kappa shape index (κ3) is 5.29. The quantitative estimate of drug-likeness (QED) is 0.164. The van der Waals surface area contributed by atoms with Gasteiger partial charge in [-0.05, 0) is 149 Å². The molecule has 0 spiro atoms. The molecule has 1 aliphatic carbocycles. The summed E-state index contributed by atoms with van der Waals surface area (Å²) in [5, 5.41) is 0. The van der Waals surface area contributed by atoms with Crippen LogP contribution in [0.5, 0.6) is 0 Å². The lowest BCUT2D eigenvalue weighted by molar-refractivity contribution is 0.195. The van der Waals surface area contributed by atoms with E-state index in [-0.39, 0.29) is 23.1 Å². The van der Waals surface area contributed by atoms with E-state index in [0.29, 0.717) is 0 Å². The van der Waals surface area contributed by atoms with Crippen molar-refractivity contribution in [2.45, 2.75) is 83.6 Å². The summed E-state index contributed by atoms with van der Waals surface area (Å²) < 4.78 is 0. The monoisotopic (exact) mass is 914 g/mol. The van der Waals surface area contributed by atoms with Crippen molar-refractivity contribution in [3.05, 3.63) is 204 Å². The molecule has 0 radical (unpaired) electrons. The van der Waals surface area contributed by atoms with Gasteiger partial charge in [-0.3, -0.25) is 4.98 Å². The van der Waals surface area contributed by atoms with Gasteiger partial charge in [0, 0.05) is 67.8 Å². The van der Waals surface area contributed by atoms with Crippen molar-refractivity contribution in [2.75, 3.05) is 14.7 Å². The van der Waals surface area contributed by atoms with Gasteiger partial charge in [0.2, 0.25) is 0 Å². The number of rotatable bonds is 4. The molecule has 2 unspecified atom stereocenters. The number of para-hydroxylation sites is 2. The maximum absolute atomic E-state index is 5.07. The zero-order valence-electron chi connectivity index (χ0n) is 41.4. The summed E-state index contributed by atoms with van der Waals surface area (Å²) in [7, 11) is 0. The van der Waals surface area contributed by atoms with Gasteiger partial charge in [-0.2, -0.15) is 0 Å². The Hall–Kier alpha value is -7.63. The molecule has 4 nitrogen and oxygen atoms in total. The number of benzene rings is 8. The van der Waals surface area contributed by atoms with Crippen LogP contribution in [0.1, 0.15) is 81.2 Å². The molecule has 0 saturated heterocycles. The van der Waals surface area contributed by atoms with Gasteiger partial charge in [-0.15, -0.1) is 0 Å². The van der Waals surface area contributed by atoms with E-state index in [1.807, 2.05) is 6.20 Å². The lowest BCUT2D eigenvalue weighted by Crippen LogP contribution is -2.67. The first kappa shape index (κ1) is 41.2. The average molecular weight is 915 g/mol. The highest BCUT2D eigenvalue weighted by molar-refractivity contribution is 7.01. The molecular formula is C66H55BN4. The normalized spacial score (nSPS) is 19.9. The van der Waals surface area contributed by atoms with Crippen LogP contribution in [0, 0.1) is 13.8 Å². The van der Waals surface area contributed by atoms with Crippen molar-refractivity contribution in [3.63, 3.8) is 0 Å². The summed E-state index contributed by atoms with van der Waals surface area (Å²) in [6, 6.07) is 65.4. The van der Waals surface area contributed by atoms with Crippen molar-refractivity contribution < 1.29 is 0 Å². The summed E-state index contributed by atoms with van der Waals surface area (Å²) in [5.74, 6) is 0. The third-order valence-electron chi connectivity index (χ3n) is 18.3. The first-order valence-electron chi connectivity index (χ1n) is 25.9. The van der Waals surface area contributed by atoms with Gasteiger partial charge in [0.05, 0.1) is 22.6 Å². The molecule has 342 valence electrons. The maximum Gasteiger partial charge on any atom is 0.252 e. The van der Waals surface area contributed by atoms with Crippen LogP contribution >= 0.6 is 0 Å². The Morgan fingerprint density at radius 1 is 0.451 bits per heavy atom. The molecule has 0 bridgehead atoms. The molecule has 5 heteroatoms. The predicted molar refractivity (Wildman–Crippen MR) is 298 cm³/mol. The fraction of sp³-hybridized carbons (Fsp3) is 0.197. The van der Waals surface area contributed by atoms with Crippen LogP contribution in [0.2, 0.25) is 0 Å². The van der Waals surface area contributed by atoms with Crippen LogP contribution < -0.4 is 31.1 Å². The van der Waals surface area contributed by atoms with Gasteiger partial charge < -0.3 is 14.7 Å². The minimum atomic E-state index is -0.268. The Morgan fingerprint density at radius 3 is 1.96 bits per heavy atom. The zero-order valence-corrected chi connectivity index (χ0v) is 41.4. The fourth-order valence-electron chi connectivity index (χ4n) is 14.8. The SMILES string of the molecule is Cc1ccnc(-c2ccccc2N2c3cc(N4c5ccc(-c6ccccc6)cc5C5(C)CCCCC45C)cc4c3B3c5c2cccc5C(C)(C)c2ccc5c(c23)N4c2ccccc2-c2cc(C)ccc2-5)c1. The first-order chi connectivity index (χ1) is 34.5. The number of aromatic nitrogens is 1. The molecule has 1 aromatic heterocycles. The number of fused-ring (bicyclic) bond motifs is 9. The first-order valence-corrected chi connectivity index (χ1v) is 25.9. The van der Waals surface area contributed by atoms with E-state index in [9.17, 15) is 0 Å². The van der Waals surface area contributed by atoms with Gasteiger partial charge in [0.15, 0.2) is 0 Å². The van der Waals surface area contributed by atoms with Crippen LogP contribution in [0.25, 0.3) is 44.6 Å². The Balaban J connectivity index is 1.09. The van der Waals surface area contributed by atoms with Gasteiger partial charge >= 0.3 is 0 Å². The van der Waals surface area contributed by atoms with Crippen LogP contribution in [-0.2, 0) is 10.8 Å². The van der Waals surface area contributed by atoms with E-state index in [0.717, 1.165) is 29.8 Å². The minimum Gasteiger partial charge on any atom is -0.334 e. The Labute approximate surface area is 418 Å². The highest BCUT2D eigenvalue weighted by Gasteiger charge is 2.59. The minimum absolute atomic E-state index is 0.0176. The lowest BCUT2D eigenvalue weighted by Gasteiger charge is -2.52. The summed E-state index contributed by atoms with van der Waals surface area (Å²) in [6.07, 6.45) is 6.65. The van der Waals surface area contributed by atoms with E-state index in [1.165, 1.54) is 130 Å². The van der Waals surface area contributed by atoms with Gasteiger partial charge in [0.1, 0.15) is 0 Å². The molecule has 5 aliphatic heterocycles. The molecule has 8 aromatic carbocycles. The molecule has 9 aromatic rings. The molecule has 1 saturated carbocycles. The zero-order chi connectivity index (χ0) is 47.7. The highest BCUT2D eigenvalue weighted by Crippen LogP contribution is 2.63. The average Bonchev–Trinajstić information content (AvgIpc) is 3.52. The smallest absolute Gasteiger partial charge is 0.252 e. The number of hydrogen-bond acceptors (Lipinski definition) is 4. The summed E-state index contributed by atoms with van der Waals surface area (Å²) in [4.78, 5) is 13.2. The van der Waals surface area contributed by atoms with E-state index >= 15 is 0 Å². The number of aryl methyl sites for hydroxylation is 2. The van der Waals surface area contributed by atoms with Gasteiger partial charge in [0.25, 0.3) is 6.71 Å². The van der Waals surface area contributed by atoms with E-state index in [4.69, 9.17) is 4.98 Å². The Kier molecular flexibility index (Phi) is 8.27. The van der Waals surface area contributed by atoms with Crippen molar-refractivity contribution >= 4 is 68.6 Å². The predicted octanol–water partition coefficient (Wildman–Crippen LogP) is 15.1. The number of pyridine rings is 1. The van der Waals surface area contributed by atoms with Crippen LogP contribution in [-0.4, -0.2) is 17.2 Å². The molecular weight excluding hydrogens is 860 g/mol. The van der Waals surface area contributed by atoms with Crippen molar-refractivity contribution in [1.29, 1.82) is 0 Å². The number of anilines is 8. The second-order valence-electron chi connectivity index (χ2n) is 22.3. The summed E-state index contributed by atoms with van der Waals surface area (Å²) in [5.41, 5.74) is 30.3. The number of hydrogen-bond donors (Lipinski definition) is 0. The molecule has 2 atom stereocenters. The largest absolute Gasteiger partial charge is 0.334 e. The molecule has 0 N–H and O–H groups in total. The topological polar surface area (TPSA) is 22.6 Å². The van der Waals surface area contributed by atoms with Crippen molar-refractivity contribution in [1.82, 2.24) is 4.98 Å². The van der Waals surface area contributed by atoms with E-state index in [2.05, 4.69) is 226 Å². The molecule has 6 heterocycles. The van der Waals surface area contributed by atoms with E-state index in [1.54, 1.807) is 0 Å². The number of nitrogens with zero attached hydrogens (tertiary/aromatic N) is 4. The van der Waals surface area contributed by atoms with Crippen LogP contribution in [0.3, 0.4) is 0 Å². The highest BCUT2D eigenvalue weighted by atomic mass is 15.3. The van der Waals surface area contributed by atoms with Crippen LogP contribution in [0.4, 0.5) is 45.5 Å². The second-order valence-corrected chi connectivity index (χ2v) is 22.3. The summed E-state index contributed by atoms with van der Waals surface area (Å²) >= 11 is 0. The fourth-order valence-corrected chi connectivity index (χ4v) is 14.8. The molecule has 0 amide bonds. The van der Waals surface area contributed by atoms with E-state index < -0.39 is 0 Å². The molecule has 71 heavy (non-hydrogen) atoms. The Morgan fingerprint density at radius 2 is 1.14 bits per heavy atom. The van der Waals surface area contributed by atoms with Crippen molar-refractivity contribution in [3.8, 4) is 44.6 Å². The van der Waals surface area contributed by atoms with Gasteiger partial charge in [-0.1, -0.05) is 154 Å². The Bertz CT molecular complexity index is 3800. The van der Waals surface area contributed by atoms with Crippen molar-refractivity contribution in [2.24, 2.45) is 0 Å².